The van der Waals surface area contributed by atoms with Crippen molar-refractivity contribution < 1.29 is 29.2 Å². The first-order chi connectivity index (χ1) is 13.1. The van der Waals surface area contributed by atoms with Crippen LogP contribution in [-0.2, 0) is 21.3 Å². The Kier molecular flexibility index (Phi) is 4.17. The number of benzene rings is 1. The van der Waals surface area contributed by atoms with Gasteiger partial charge in [0.15, 0.2) is 18.3 Å². The molecule has 27 heavy (non-hydrogen) atoms. The molecule has 2 fully saturated rings. The Labute approximate surface area is 159 Å². The van der Waals surface area contributed by atoms with Gasteiger partial charge in [-0.1, -0.05) is 12.5 Å². The highest BCUT2D eigenvalue weighted by Gasteiger charge is 2.71. The van der Waals surface area contributed by atoms with Crippen LogP contribution in [0.5, 0.6) is 11.5 Å². The minimum absolute atomic E-state index is 0.117. The molecule has 6 nitrogen and oxygen atoms in total. The zero-order chi connectivity index (χ0) is 18.6. The summed E-state index contributed by atoms with van der Waals surface area (Å²) in [5.74, 6) is 1.58. The molecule has 0 saturated heterocycles. The van der Waals surface area contributed by atoms with E-state index in [-0.39, 0.29) is 12.7 Å². The van der Waals surface area contributed by atoms with Crippen LogP contribution in [0, 0.1) is 5.92 Å². The number of rotatable bonds is 6. The Morgan fingerprint density at radius 2 is 2.11 bits per heavy atom. The van der Waals surface area contributed by atoms with Gasteiger partial charge in [0.2, 0.25) is 0 Å². The molecule has 0 aromatic heterocycles. The third-order valence-corrected chi connectivity index (χ3v) is 7.32. The van der Waals surface area contributed by atoms with Gasteiger partial charge >= 0.3 is 0 Å². The van der Waals surface area contributed by atoms with Crippen molar-refractivity contribution in [1.82, 2.24) is 0 Å². The Morgan fingerprint density at radius 1 is 1.22 bits per heavy atom. The van der Waals surface area contributed by atoms with Gasteiger partial charge in [-0.05, 0) is 49.7 Å². The van der Waals surface area contributed by atoms with Gasteiger partial charge < -0.3 is 29.2 Å². The molecule has 5 atom stereocenters. The van der Waals surface area contributed by atoms with Gasteiger partial charge in [0.25, 0.3) is 0 Å². The highest BCUT2D eigenvalue weighted by molar-refractivity contribution is 5.62. The predicted molar refractivity (Wildman–Crippen MR) is 97.1 cm³/mol. The summed E-state index contributed by atoms with van der Waals surface area (Å²) in [7, 11) is 1.63. The third-order valence-electron chi connectivity index (χ3n) is 7.32. The lowest BCUT2D eigenvalue weighted by Gasteiger charge is -2.61. The van der Waals surface area contributed by atoms with Gasteiger partial charge in [-0.25, -0.2) is 0 Å². The van der Waals surface area contributed by atoms with E-state index in [1.54, 1.807) is 7.11 Å². The molecule has 2 N–H and O–H groups in total. The lowest BCUT2D eigenvalue weighted by molar-refractivity contribution is -0.195. The Morgan fingerprint density at radius 3 is 2.96 bits per heavy atom. The fourth-order valence-electron chi connectivity index (χ4n) is 6.24. The maximum Gasteiger partial charge on any atom is 0.189 e. The summed E-state index contributed by atoms with van der Waals surface area (Å²) in [6.45, 7) is 1.10. The van der Waals surface area contributed by atoms with E-state index in [2.05, 4.69) is 6.07 Å². The lowest BCUT2D eigenvalue weighted by Crippen LogP contribution is -2.70. The van der Waals surface area contributed by atoms with Crippen molar-refractivity contribution in [2.24, 2.45) is 5.92 Å². The van der Waals surface area contributed by atoms with Crippen LogP contribution in [0.2, 0.25) is 0 Å². The second-order valence-corrected chi connectivity index (χ2v) is 8.42. The monoisotopic (exact) mass is 376 g/mol. The van der Waals surface area contributed by atoms with Gasteiger partial charge in [0, 0.05) is 12.7 Å². The van der Waals surface area contributed by atoms with E-state index in [1.807, 2.05) is 6.07 Å². The van der Waals surface area contributed by atoms with Gasteiger partial charge in [0.1, 0.15) is 6.10 Å². The van der Waals surface area contributed by atoms with E-state index in [0.29, 0.717) is 37.6 Å². The van der Waals surface area contributed by atoms with Crippen LogP contribution in [-0.4, -0.2) is 55.1 Å². The smallest absolute Gasteiger partial charge is 0.189 e. The summed E-state index contributed by atoms with van der Waals surface area (Å²) in [6, 6.07) is 4.05. The highest BCUT2D eigenvalue weighted by Crippen LogP contribution is 2.67. The molecule has 2 saturated carbocycles. The Hall–Kier alpha value is -1.34. The molecule has 0 unspecified atom stereocenters. The van der Waals surface area contributed by atoms with Crippen molar-refractivity contribution >= 4 is 0 Å². The topological polar surface area (TPSA) is 77.4 Å². The molecule has 1 aliphatic heterocycles. The van der Waals surface area contributed by atoms with Crippen LogP contribution in [0.3, 0.4) is 0 Å². The first-order valence-electron chi connectivity index (χ1n) is 10.0. The van der Waals surface area contributed by atoms with Crippen LogP contribution in [0.4, 0.5) is 0 Å². The Balaban J connectivity index is 1.54. The zero-order valence-electron chi connectivity index (χ0n) is 15.8. The van der Waals surface area contributed by atoms with Gasteiger partial charge in [-0.3, -0.25) is 0 Å². The van der Waals surface area contributed by atoms with E-state index in [4.69, 9.17) is 18.9 Å². The van der Waals surface area contributed by atoms with E-state index >= 15 is 0 Å². The van der Waals surface area contributed by atoms with E-state index in [0.717, 1.165) is 31.2 Å². The van der Waals surface area contributed by atoms with Crippen molar-refractivity contribution in [3.63, 3.8) is 0 Å². The number of hydrogen-bond donors (Lipinski definition) is 2. The summed E-state index contributed by atoms with van der Waals surface area (Å²) < 4.78 is 22.6. The van der Waals surface area contributed by atoms with Crippen LogP contribution in [0.1, 0.15) is 43.2 Å². The van der Waals surface area contributed by atoms with Gasteiger partial charge in [-0.15, -0.1) is 0 Å². The molecule has 0 radical (unpaired) electrons. The first kappa shape index (κ1) is 17.7. The molecule has 6 heteroatoms. The molecule has 4 aliphatic rings. The first-order valence-corrected chi connectivity index (χ1v) is 10.0. The van der Waals surface area contributed by atoms with Gasteiger partial charge in [-0.2, -0.15) is 0 Å². The normalized spacial score (nSPS) is 38.3. The van der Waals surface area contributed by atoms with Crippen LogP contribution >= 0.6 is 0 Å². The van der Waals surface area contributed by atoms with E-state index < -0.39 is 23.2 Å². The molecule has 1 aromatic carbocycles. The standard InChI is InChI=1S/C21H28O6/c1-24-9-10-25-12-26-16-5-4-13-11-14-3-2-7-20-17(13)18(16)27-19(20)15(22)6-8-21(14,20)23/h4-5,14-15,19,22-23H,2-3,6-12H2,1H3/t14-,15-,19+,20+,21-/m0/s1. The van der Waals surface area contributed by atoms with Gasteiger partial charge in [0.05, 0.1) is 30.3 Å². The average molecular weight is 376 g/mol. The summed E-state index contributed by atoms with van der Waals surface area (Å²) in [6.07, 6.45) is 4.10. The summed E-state index contributed by atoms with van der Waals surface area (Å²) in [4.78, 5) is 0. The van der Waals surface area contributed by atoms with Crippen LogP contribution in [0.25, 0.3) is 0 Å². The minimum atomic E-state index is -0.791. The largest absolute Gasteiger partial charge is 0.482 e. The number of ether oxygens (including phenoxy) is 4. The zero-order valence-corrected chi connectivity index (χ0v) is 15.8. The van der Waals surface area contributed by atoms with Crippen LogP contribution in [0.15, 0.2) is 12.1 Å². The molecule has 148 valence electrons. The van der Waals surface area contributed by atoms with Crippen molar-refractivity contribution in [1.29, 1.82) is 0 Å². The number of hydrogen-bond acceptors (Lipinski definition) is 6. The van der Waals surface area contributed by atoms with E-state index in [9.17, 15) is 10.2 Å². The summed E-state index contributed by atoms with van der Waals surface area (Å²) in [5, 5.41) is 22.6. The molecular formula is C21H28O6. The number of aliphatic hydroxyl groups is 2. The summed E-state index contributed by atoms with van der Waals surface area (Å²) >= 11 is 0. The molecule has 3 aliphatic carbocycles. The second kappa shape index (κ2) is 6.34. The second-order valence-electron chi connectivity index (χ2n) is 8.42. The lowest BCUT2D eigenvalue weighted by atomic mass is 9.45. The maximum absolute atomic E-state index is 11.8. The van der Waals surface area contributed by atoms with Crippen molar-refractivity contribution in [2.75, 3.05) is 27.1 Å². The predicted octanol–water partition coefficient (Wildman–Crippen LogP) is 1.93. The highest BCUT2D eigenvalue weighted by atomic mass is 16.7. The van der Waals surface area contributed by atoms with Crippen molar-refractivity contribution in [3.05, 3.63) is 23.3 Å². The number of aliphatic hydroxyl groups excluding tert-OH is 1. The molecular weight excluding hydrogens is 348 g/mol. The number of methoxy groups -OCH3 is 1. The molecule has 1 spiro atoms. The fraction of sp³-hybridized carbons (Fsp3) is 0.714. The minimum Gasteiger partial charge on any atom is -0.482 e. The fourth-order valence-corrected chi connectivity index (χ4v) is 6.24. The SMILES string of the molecule is COCCOCOc1ccc2c3c1O[C@@H]1[C@@H](O)CC[C@]4(O)[C@@H](CCC[C@@]314)C2. The summed E-state index contributed by atoms with van der Waals surface area (Å²) in [5.41, 5.74) is 1.02. The molecule has 1 aromatic rings. The van der Waals surface area contributed by atoms with E-state index in [1.165, 1.54) is 5.56 Å². The quantitative estimate of drug-likeness (QED) is 0.584. The molecule has 5 rings (SSSR count). The third kappa shape index (κ3) is 2.27. The average Bonchev–Trinajstić information content (AvgIpc) is 3.00. The van der Waals surface area contributed by atoms with Crippen molar-refractivity contribution in [2.45, 2.75) is 61.7 Å². The molecule has 0 amide bonds. The molecule has 2 bridgehead atoms. The van der Waals surface area contributed by atoms with Crippen molar-refractivity contribution in [3.8, 4) is 11.5 Å². The maximum atomic E-state index is 11.8. The molecule has 1 heterocycles. The van der Waals surface area contributed by atoms with Crippen LogP contribution < -0.4 is 9.47 Å². The Bertz CT molecular complexity index is 736.